The molecule has 1 heterocycles. The van der Waals surface area contributed by atoms with Crippen molar-refractivity contribution in [2.75, 3.05) is 5.33 Å². The Hall–Kier alpha value is -1.60. The minimum absolute atomic E-state index is 0.119. The highest BCUT2D eigenvalue weighted by molar-refractivity contribution is 9.09. The molecule has 1 aliphatic rings. The van der Waals surface area contributed by atoms with Gasteiger partial charge >= 0.3 is 0 Å². The fourth-order valence-electron chi connectivity index (χ4n) is 2.17. The van der Waals surface area contributed by atoms with Crippen molar-refractivity contribution in [2.45, 2.75) is 25.4 Å². The van der Waals surface area contributed by atoms with E-state index < -0.39 is 28.9 Å². The quantitative estimate of drug-likeness (QED) is 0.736. The lowest BCUT2D eigenvalue weighted by Gasteiger charge is -2.24. The Morgan fingerprint density at radius 1 is 1.52 bits per heavy atom. The maximum Gasteiger partial charge on any atom is 0.250 e. The third kappa shape index (κ3) is 3.50. The summed E-state index contributed by atoms with van der Waals surface area (Å²) in [5.74, 6) is -3.11. The van der Waals surface area contributed by atoms with Gasteiger partial charge in [-0.3, -0.25) is 14.9 Å². The second-order valence-electron chi connectivity index (χ2n) is 5.11. The predicted octanol–water partition coefficient (Wildman–Crippen LogP) is 3.31. The molecule has 124 valence electrons. The van der Waals surface area contributed by atoms with E-state index >= 15 is 0 Å². The van der Waals surface area contributed by atoms with E-state index in [9.17, 15) is 19.1 Å². The van der Waals surface area contributed by atoms with Gasteiger partial charge in [-0.2, -0.15) is 0 Å². The molecule has 0 aliphatic carbocycles. The Balaban J connectivity index is 2.27. The summed E-state index contributed by atoms with van der Waals surface area (Å²) in [5.41, 5.74) is -1.91. The van der Waals surface area contributed by atoms with Crippen molar-refractivity contribution >= 4 is 39.2 Å². The van der Waals surface area contributed by atoms with Gasteiger partial charge in [0.1, 0.15) is 5.82 Å². The number of nitrogens with one attached hydrogen (secondary N) is 1. The van der Waals surface area contributed by atoms with Gasteiger partial charge in [0.2, 0.25) is 23.2 Å². The van der Waals surface area contributed by atoms with Crippen LogP contribution in [0.1, 0.15) is 25.3 Å². The van der Waals surface area contributed by atoms with Crippen LogP contribution in [-0.4, -0.2) is 22.1 Å². The molecular weight excluding hydrogens is 393 g/mol. The average Bonchev–Trinajstić information content (AvgIpc) is 2.72. The maximum absolute atomic E-state index is 14.0. The first-order chi connectivity index (χ1) is 10.8. The first-order valence-corrected chi connectivity index (χ1v) is 8.28. The van der Waals surface area contributed by atoms with Crippen molar-refractivity contribution in [2.24, 2.45) is 0 Å². The van der Waals surface area contributed by atoms with Crippen LogP contribution in [0.4, 0.5) is 4.39 Å². The van der Waals surface area contributed by atoms with Crippen molar-refractivity contribution in [1.82, 2.24) is 5.32 Å². The molecule has 0 saturated carbocycles. The van der Waals surface area contributed by atoms with E-state index in [2.05, 4.69) is 21.2 Å². The van der Waals surface area contributed by atoms with E-state index in [0.29, 0.717) is 11.8 Å². The molecular formula is C15H14BrClFNO4. The van der Waals surface area contributed by atoms with E-state index in [-0.39, 0.29) is 22.9 Å². The number of ether oxygens (including phenoxy) is 1. The first kappa shape index (κ1) is 17.7. The van der Waals surface area contributed by atoms with Crippen LogP contribution in [0.25, 0.3) is 0 Å². The van der Waals surface area contributed by atoms with Crippen molar-refractivity contribution in [3.8, 4) is 0 Å². The van der Waals surface area contributed by atoms with Crippen LogP contribution in [0.2, 0.25) is 5.02 Å². The number of benzene rings is 1. The minimum atomic E-state index is -1.79. The van der Waals surface area contributed by atoms with Crippen LogP contribution in [-0.2, 0) is 19.9 Å². The van der Waals surface area contributed by atoms with E-state index in [1.54, 1.807) is 0 Å². The number of halogens is 3. The predicted molar refractivity (Wildman–Crippen MR) is 85.7 cm³/mol. The third-order valence-corrected chi connectivity index (χ3v) is 4.20. The second kappa shape index (κ2) is 6.88. The lowest BCUT2D eigenvalue weighted by molar-refractivity contribution is -0.133. The Labute approximate surface area is 145 Å². The Morgan fingerprint density at radius 2 is 2.22 bits per heavy atom. The summed E-state index contributed by atoms with van der Waals surface area (Å²) < 4.78 is 19.4. The summed E-state index contributed by atoms with van der Waals surface area (Å²) in [4.78, 5) is 24.0. The van der Waals surface area contributed by atoms with Gasteiger partial charge in [0.15, 0.2) is 0 Å². The number of carbonyl (C=O) groups excluding carboxylic acids is 2. The molecule has 0 spiro atoms. The molecule has 1 unspecified atom stereocenters. The highest BCUT2D eigenvalue weighted by Crippen LogP contribution is 2.39. The molecule has 1 aromatic rings. The molecule has 8 heteroatoms. The van der Waals surface area contributed by atoms with Gasteiger partial charge in [-0.15, -0.1) is 0 Å². The molecule has 0 bridgehead atoms. The summed E-state index contributed by atoms with van der Waals surface area (Å²) in [6.45, 7) is 1.30. The number of aliphatic hydroxyl groups is 1. The molecule has 2 rings (SSSR count). The molecule has 5 nitrogen and oxygen atoms in total. The van der Waals surface area contributed by atoms with Gasteiger partial charge in [-0.1, -0.05) is 27.5 Å². The zero-order valence-electron chi connectivity index (χ0n) is 12.2. The fraction of sp³-hybridized carbons (Fsp3) is 0.333. The highest BCUT2D eigenvalue weighted by Gasteiger charge is 2.49. The second-order valence-corrected chi connectivity index (χ2v) is 6.34. The minimum Gasteiger partial charge on any atom is -0.501 e. The molecule has 0 fully saturated rings. The first-order valence-electron chi connectivity index (χ1n) is 6.78. The van der Waals surface area contributed by atoms with Crippen LogP contribution >= 0.6 is 27.5 Å². The largest absolute Gasteiger partial charge is 0.501 e. The van der Waals surface area contributed by atoms with E-state index in [1.807, 2.05) is 0 Å². The fourth-order valence-corrected chi connectivity index (χ4v) is 2.62. The monoisotopic (exact) mass is 405 g/mol. The number of ketones is 1. The molecule has 1 aliphatic heterocycles. The van der Waals surface area contributed by atoms with E-state index in [0.717, 1.165) is 6.07 Å². The number of carbonyl (C=O) groups is 2. The number of hydrogen-bond donors (Lipinski definition) is 2. The Kier molecular flexibility index (Phi) is 5.31. The molecule has 2 N–H and O–H groups in total. The molecule has 0 radical (unpaired) electrons. The van der Waals surface area contributed by atoms with Crippen molar-refractivity contribution in [3.05, 3.63) is 46.2 Å². The lowest BCUT2D eigenvalue weighted by atomic mass is 9.91. The SMILES string of the molecule is CC1(c2cc(Cl)ccc2F)OC(NC(=O)CCCBr)=C(O)C1=O. The summed E-state index contributed by atoms with van der Waals surface area (Å²) >= 11 is 9.03. The van der Waals surface area contributed by atoms with Crippen LogP contribution < -0.4 is 5.32 Å². The topological polar surface area (TPSA) is 75.6 Å². The molecule has 0 saturated heterocycles. The van der Waals surface area contributed by atoms with E-state index in [1.165, 1.54) is 19.1 Å². The zero-order chi connectivity index (χ0) is 17.2. The Morgan fingerprint density at radius 3 is 2.87 bits per heavy atom. The molecule has 1 aromatic carbocycles. The van der Waals surface area contributed by atoms with Gasteiger partial charge in [-0.25, -0.2) is 4.39 Å². The van der Waals surface area contributed by atoms with E-state index in [4.69, 9.17) is 16.3 Å². The van der Waals surface area contributed by atoms with Crippen LogP contribution in [0.15, 0.2) is 29.8 Å². The van der Waals surface area contributed by atoms with Crippen LogP contribution in [0.3, 0.4) is 0 Å². The normalized spacial score (nSPS) is 20.6. The number of rotatable bonds is 5. The molecule has 1 atom stereocenters. The molecule has 1 amide bonds. The summed E-state index contributed by atoms with van der Waals surface area (Å²) in [7, 11) is 0. The van der Waals surface area contributed by atoms with Crippen molar-refractivity contribution in [1.29, 1.82) is 0 Å². The lowest BCUT2D eigenvalue weighted by Crippen LogP contribution is -2.33. The van der Waals surface area contributed by atoms with Gasteiger partial charge in [0, 0.05) is 22.3 Å². The number of hydrogen-bond acceptors (Lipinski definition) is 4. The standard InChI is InChI=1S/C15H14BrClFNO4/c1-15(9-7-8(17)4-5-10(9)18)13(22)12(21)14(23-15)19-11(20)3-2-6-16/h4-5,7,21H,2-3,6H2,1H3,(H,19,20). The maximum atomic E-state index is 14.0. The van der Waals surface area contributed by atoms with Crippen molar-refractivity contribution in [3.63, 3.8) is 0 Å². The van der Waals surface area contributed by atoms with Gasteiger partial charge in [0.25, 0.3) is 5.78 Å². The number of amides is 1. The number of aliphatic hydroxyl groups excluding tert-OH is 1. The molecule has 0 aromatic heterocycles. The van der Waals surface area contributed by atoms with Crippen LogP contribution in [0, 0.1) is 5.82 Å². The van der Waals surface area contributed by atoms with Gasteiger partial charge in [-0.05, 0) is 31.5 Å². The molecule has 23 heavy (non-hydrogen) atoms. The number of alkyl halides is 1. The zero-order valence-corrected chi connectivity index (χ0v) is 14.5. The summed E-state index contributed by atoms with van der Waals surface area (Å²) in [5, 5.41) is 13.1. The summed E-state index contributed by atoms with van der Waals surface area (Å²) in [6.07, 6.45) is 0.760. The summed E-state index contributed by atoms with van der Waals surface area (Å²) in [6, 6.07) is 3.68. The third-order valence-electron chi connectivity index (χ3n) is 3.40. The highest BCUT2D eigenvalue weighted by atomic mass is 79.9. The van der Waals surface area contributed by atoms with Gasteiger partial charge < -0.3 is 9.84 Å². The average molecular weight is 407 g/mol. The number of Topliss-reactive ketones (excluding diaryl/α,β-unsaturated/α-hetero) is 1. The smallest absolute Gasteiger partial charge is 0.250 e. The van der Waals surface area contributed by atoms with Crippen LogP contribution in [0.5, 0.6) is 0 Å². The van der Waals surface area contributed by atoms with Crippen molar-refractivity contribution < 1.29 is 23.8 Å². The Bertz CT molecular complexity index is 694. The van der Waals surface area contributed by atoms with Gasteiger partial charge in [0.05, 0.1) is 0 Å².